The highest BCUT2D eigenvalue weighted by molar-refractivity contribution is 4.49. The molecule has 1 N–H and O–H groups in total. The summed E-state index contributed by atoms with van der Waals surface area (Å²) in [5.41, 5.74) is 0. The molecule has 0 aliphatic carbocycles. The molecule has 0 aliphatic heterocycles. The normalized spacial score (nSPS) is 11.2. The van der Waals surface area contributed by atoms with Gasteiger partial charge in [0.2, 0.25) is 0 Å². The first-order valence-electron chi connectivity index (χ1n) is 11.1. The predicted molar refractivity (Wildman–Crippen MR) is 107 cm³/mol. The van der Waals surface area contributed by atoms with Crippen LogP contribution in [0, 0.1) is 0 Å². The third-order valence-corrected chi connectivity index (χ3v) is 4.84. The maximum atomic E-state index is 8.69. The zero-order valence-electron chi connectivity index (χ0n) is 16.7. The Labute approximate surface area is 152 Å². The second-order valence-electron chi connectivity index (χ2n) is 7.35. The van der Waals surface area contributed by atoms with Gasteiger partial charge >= 0.3 is 0 Å². The van der Waals surface area contributed by atoms with Crippen LogP contribution in [-0.4, -0.2) is 24.9 Å². The SMILES string of the molecule is CCCCCCCCCCCCCCCCOCCCCCCO. The van der Waals surface area contributed by atoms with Crippen molar-refractivity contribution >= 4 is 0 Å². The van der Waals surface area contributed by atoms with E-state index in [0.29, 0.717) is 6.61 Å². The largest absolute Gasteiger partial charge is 0.396 e. The highest BCUT2D eigenvalue weighted by Crippen LogP contribution is 2.13. The molecule has 0 bridgehead atoms. The Morgan fingerprint density at radius 1 is 0.458 bits per heavy atom. The number of unbranched alkanes of at least 4 members (excludes halogenated alkanes) is 16. The van der Waals surface area contributed by atoms with Gasteiger partial charge in [-0.1, -0.05) is 103 Å². The molecular formula is C22H46O2. The summed E-state index contributed by atoms with van der Waals surface area (Å²) in [4.78, 5) is 0. The molecule has 0 aliphatic rings. The maximum Gasteiger partial charge on any atom is 0.0466 e. The third-order valence-electron chi connectivity index (χ3n) is 4.84. The first kappa shape index (κ1) is 23.9. The average molecular weight is 343 g/mol. The third kappa shape index (κ3) is 21.9. The second kappa shape index (κ2) is 22.9. The molecule has 0 aromatic rings. The minimum Gasteiger partial charge on any atom is -0.396 e. The number of aliphatic hydroxyl groups excluding tert-OH is 1. The lowest BCUT2D eigenvalue weighted by atomic mass is 10.0. The quantitative estimate of drug-likeness (QED) is 0.227. The molecule has 146 valence electrons. The van der Waals surface area contributed by atoms with Gasteiger partial charge in [-0.15, -0.1) is 0 Å². The van der Waals surface area contributed by atoms with Crippen LogP contribution in [0.2, 0.25) is 0 Å². The highest BCUT2D eigenvalue weighted by atomic mass is 16.5. The van der Waals surface area contributed by atoms with Crippen LogP contribution < -0.4 is 0 Å². The molecule has 0 rings (SSSR count). The molecular weight excluding hydrogens is 296 g/mol. The van der Waals surface area contributed by atoms with Crippen LogP contribution in [0.4, 0.5) is 0 Å². The van der Waals surface area contributed by atoms with Crippen LogP contribution in [0.1, 0.15) is 122 Å². The molecule has 0 atom stereocenters. The van der Waals surface area contributed by atoms with Crippen molar-refractivity contribution in [3.05, 3.63) is 0 Å². The zero-order valence-corrected chi connectivity index (χ0v) is 16.7. The zero-order chi connectivity index (χ0) is 17.6. The lowest BCUT2D eigenvalue weighted by Gasteiger charge is -2.05. The number of aliphatic hydroxyl groups is 1. The van der Waals surface area contributed by atoms with Crippen LogP contribution in [-0.2, 0) is 4.74 Å². The summed E-state index contributed by atoms with van der Waals surface area (Å²) in [7, 11) is 0. The summed E-state index contributed by atoms with van der Waals surface area (Å²) in [6.45, 7) is 4.47. The van der Waals surface area contributed by atoms with Gasteiger partial charge in [-0.25, -0.2) is 0 Å². The predicted octanol–water partition coefficient (Wildman–Crippen LogP) is 7.04. The Morgan fingerprint density at radius 2 is 0.792 bits per heavy atom. The molecule has 0 aromatic carbocycles. The topological polar surface area (TPSA) is 29.5 Å². The summed E-state index contributed by atoms with van der Waals surface area (Å²) in [5.74, 6) is 0. The maximum absolute atomic E-state index is 8.69. The molecule has 24 heavy (non-hydrogen) atoms. The van der Waals surface area contributed by atoms with E-state index in [0.717, 1.165) is 32.5 Å². The lowest BCUT2D eigenvalue weighted by Crippen LogP contribution is -1.97. The van der Waals surface area contributed by atoms with E-state index in [4.69, 9.17) is 9.84 Å². The Bertz CT molecular complexity index is 184. The van der Waals surface area contributed by atoms with Gasteiger partial charge in [0.15, 0.2) is 0 Å². The van der Waals surface area contributed by atoms with Crippen LogP contribution in [0.3, 0.4) is 0 Å². The fourth-order valence-corrected chi connectivity index (χ4v) is 3.17. The van der Waals surface area contributed by atoms with Crippen molar-refractivity contribution in [1.29, 1.82) is 0 Å². The van der Waals surface area contributed by atoms with Crippen molar-refractivity contribution < 1.29 is 9.84 Å². The van der Waals surface area contributed by atoms with Gasteiger partial charge in [-0.2, -0.15) is 0 Å². The molecule has 0 heterocycles. The Hall–Kier alpha value is -0.0800. The van der Waals surface area contributed by atoms with Gasteiger partial charge in [0.05, 0.1) is 0 Å². The van der Waals surface area contributed by atoms with Crippen molar-refractivity contribution in [2.45, 2.75) is 122 Å². The minimum absolute atomic E-state index is 0.333. The van der Waals surface area contributed by atoms with Crippen LogP contribution in [0.15, 0.2) is 0 Å². The first-order chi connectivity index (χ1) is 11.9. The molecule has 2 nitrogen and oxygen atoms in total. The van der Waals surface area contributed by atoms with Crippen molar-refractivity contribution in [1.82, 2.24) is 0 Å². The number of hydrogen-bond acceptors (Lipinski definition) is 2. The Morgan fingerprint density at radius 3 is 1.17 bits per heavy atom. The van der Waals surface area contributed by atoms with Gasteiger partial charge < -0.3 is 9.84 Å². The molecule has 0 radical (unpaired) electrons. The van der Waals surface area contributed by atoms with Crippen molar-refractivity contribution in [3.63, 3.8) is 0 Å². The van der Waals surface area contributed by atoms with E-state index >= 15 is 0 Å². The molecule has 0 fully saturated rings. The summed E-state index contributed by atoms with van der Waals surface area (Å²) < 4.78 is 5.66. The van der Waals surface area contributed by atoms with E-state index in [2.05, 4.69) is 6.92 Å². The second-order valence-corrected chi connectivity index (χ2v) is 7.35. The smallest absolute Gasteiger partial charge is 0.0466 e. The van der Waals surface area contributed by atoms with Crippen molar-refractivity contribution in [3.8, 4) is 0 Å². The van der Waals surface area contributed by atoms with E-state index in [-0.39, 0.29) is 0 Å². The fourth-order valence-electron chi connectivity index (χ4n) is 3.17. The molecule has 0 saturated heterocycles. The molecule has 0 amide bonds. The molecule has 0 spiro atoms. The Kier molecular flexibility index (Phi) is 22.8. The standard InChI is InChI=1S/C22H46O2/c1-2-3-4-5-6-7-8-9-10-11-12-13-15-18-21-24-22-19-16-14-17-20-23/h23H,2-22H2,1H3. The molecule has 0 aromatic heterocycles. The minimum atomic E-state index is 0.333. The van der Waals surface area contributed by atoms with E-state index in [1.807, 2.05) is 0 Å². The van der Waals surface area contributed by atoms with E-state index in [1.54, 1.807) is 0 Å². The van der Waals surface area contributed by atoms with Gasteiger partial charge in [0.25, 0.3) is 0 Å². The number of hydrogen-bond donors (Lipinski definition) is 1. The summed E-state index contributed by atoms with van der Waals surface area (Å²) in [6.07, 6.45) is 24.2. The van der Waals surface area contributed by atoms with Crippen molar-refractivity contribution in [2.75, 3.05) is 19.8 Å². The molecule has 0 unspecified atom stereocenters. The summed E-state index contributed by atoms with van der Waals surface area (Å²) in [5, 5.41) is 8.69. The summed E-state index contributed by atoms with van der Waals surface area (Å²) >= 11 is 0. The summed E-state index contributed by atoms with van der Waals surface area (Å²) in [6, 6.07) is 0. The number of ether oxygens (including phenoxy) is 1. The molecule has 2 heteroatoms. The Balaban J connectivity index is 2.93. The first-order valence-corrected chi connectivity index (χ1v) is 11.1. The lowest BCUT2D eigenvalue weighted by molar-refractivity contribution is 0.125. The van der Waals surface area contributed by atoms with E-state index < -0.39 is 0 Å². The van der Waals surface area contributed by atoms with Crippen LogP contribution >= 0.6 is 0 Å². The fraction of sp³-hybridized carbons (Fsp3) is 1.00. The van der Waals surface area contributed by atoms with Gasteiger partial charge in [0.1, 0.15) is 0 Å². The van der Waals surface area contributed by atoms with Crippen molar-refractivity contribution in [2.24, 2.45) is 0 Å². The molecule has 0 saturated carbocycles. The van der Waals surface area contributed by atoms with Gasteiger partial charge in [0, 0.05) is 19.8 Å². The number of rotatable bonds is 21. The van der Waals surface area contributed by atoms with Gasteiger partial charge in [-0.3, -0.25) is 0 Å². The highest BCUT2D eigenvalue weighted by Gasteiger charge is 1.95. The van der Waals surface area contributed by atoms with Crippen LogP contribution in [0.5, 0.6) is 0 Å². The van der Waals surface area contributed by atoms with Gasteiger partial charge in [-0.05, 0) is 19.3 Å². The van der Waals surface area contributed by atoms with Crippen LogP contribution in [0.25, 0.3) is 0 Å². The van der Waals surface area contributed by atoms with E-state index in [9.17, 15) is 0 Å². The van der Waals surface area contributed by atoms with E-state index in [1.165, 1.54) is 96.3 Å². The monoisotopic (exact) mass is 342 g/mol. The average Bonchev–Trinajstić information content (AvgIpc) is 2.60.